The fraction of sp³-hybridized carbons (Fsp3) is 0.250. The van der Waals surface area contributed by atoms with E-state index in [0.29, 0.717) is 0 Å². The number of rotatable bonds is 0. The summed E-state index contributed by atoms with van der Waals surface area (Å²) < 4.78 is 91.0. The highest BCUT2D eigenvalue weighted by Crippen LogP contribution is 2.42. The first kappa shape index (κ1) is 15.3. The van der Waals surface area contributed by atoms with Crippen molar-refractivity contribution >= 4 is 5.52 Å². The Hall–Kier alpha value is -2.06. The molecule has 0 fully saturated rings. The van der Waals surface area contributed by atoms with Crippen LogP contribution in [0, 0.1) is 12.7 Å². The van der Waals surface area contributed by atoms with E-state index in [2.05, 4.69) is 0 Å². The SMILES string of the molecule is Cc1ccn2c(=O)c(F)c(C(F)(F)F)c(C(F)(F)F)c2c1. The molecular weight excluding hydrogens is 307 g/mol. The lowest BCUT2D eigenvalue weighted by molar-refractivity contribution is -0.163. The van der Waals surface area contributed by atoms with Crippen molar-refractivity contribution in [2.75, 3.05) is 0 Å². The van der Waals surface area contributed by atoms with Crippen molar-refractivity contribution < 1.29 is 30.7 Å². The van der Waals surface area contributed by atoms with Crippen LogP contribution in [-0.2, 0) is 12.4 Å². The molecule has 0 radical (unpaired) electrons. The summed E-state index contributed by atoms with van der Waals surface area (Å²) in [5.41, 5.74) is -7.44. The van der Waals surface area contributed by atoms with Gasteiger partial charge in [0.25, 0.3) is 5.56 Å². The van der Waals surface area contributed by atoms with Crippen molar-refractivity contribution in [3.63, 3.8) is 0 Å². The van der Waals surface area contributed by atoms with Crippen LogP contribution in [-0.4, -0.2) is 4.40 Å². The van der Waals surface area contributed by atoms with Crippen molar-refractivity contribution in [3.8, 4) is 0 Å². The normalized spacial score (nSPS) is 13.0. The average molecular weight is 313 g/mol. The Morgan fingerprint density at radius 1 is 1.00 bits per heavy atom. The molecule has 0 aromatic carbocycles. The van der Waals surface area contributed by atoms with Gasteiger partial charge in [-0.05, 0) is 24.6 Å². The molecule has 0 bridgehead atoms. The van der Waals surface area contributed by atoms with Crippen molar-refractivity contribution in [2.24, 2.45) is 0 Å². The minimum atomic E-state index is -5.65. The summed E-state index contributed by atoms with van der Waals surface area (Å²) in [6.07, 6.45) is -10.3. The smallest absolute Gasteiger partial charge is 0.281 e. The summed E-state index contributed by atoms with van der Waals surface area (Å²) in [5, 5.41) is 0. The van der Waals surface area contributed by atoms with Crippen LogP contribution in [0.4, 0.5) is 30.7 Å². The molecular formula is C12H6F7NO. The molecule has 114 valence electrons. The first-order chi connectivity index (χ1) is 9.44. The predicted molar refractivity (Wildman–Crippen MR) is 58.4 cm³/mol. The molecule has 2 nitrogen and oxygen atoms in total. The molecule has 2 rings (SSSR count). The maximum atomic E-state index is 13.6. The third kappa shape index (κ3) is 2.47. The van der Waals surface area contributed by atoms with E-state index in [4.69, 9.17) is 0 Å². The highest BCUT2D eigenvalue weighted by molar-refractivity contribution is 5.61. The average Bonchev–Trinajstić information content (AvgIpc) is 2.30. The van der Waals surface area contributed by atoms with Crippen LogP contribution < -0.4 is 5.56 Å². The van der Waals surface area contributed by atoms with Crippen LogP contribution in [0.15, 0.2) is 23.1 Å². The number of hydrogen-bond donors (Lipinski definition) is 0. The number of hydrogen-bond acceptors (Lipinski definition) is 1. The van der Waals surface area contributed by atoms with E-state index < -0.39 is 40.4 Å². The number of aryl methyl sites for hydroxylation is 1. The van der Waals surface area contributed by atoms with Crippen LogP contribution in [0.3, 0.4) is 0 Å². The zero-order valence-electron chi connectivity index (χ0n) is 10.2. The quantitative estimate of drug-likeness (QED) is 0.678. The van der Waals surface area contributed by atoms with Crippen molar-refractivity contribution in [2.45, 2.75) is 19.3 Å². The zero-order chi connectivity index (χ0) is 16.2. The second-order valence-corrected chi connectivity index (χ2v) is 4.32. The van der Waals surface area contributed by atoms with E-state index in [9.17, 15) is 35.5 Å². The second kappa shape index (κ2) is 4.47. The van der Waals surface area contributed by atoms with Crippen LogP contribution >= 0.6 is 0 Å². The fourth-order valence-electron chi connectivity index (χ4n) is 1.98. The summed E-state index contributed by atoms with van der Waals surface area (Å²) in [6.45, 7) is 1.33. The van der Waals surface area contributed by atoms with Gasteiger partial charge >= 0.3 is 12.4 Å². The van der Waals surface area contributed by atoms with Gasteiger partial charge in [-0.3, -0.25) is 9.20 Å². The molecule has 2 heterocycles. The molecule has 0 spiro atoms. The Bertz CT molecular complexity index is 770. The maximum absolute atomic E-state index is 13.6. The standard InChI is InChI=1S/C12H6F7NO/c1-5-2-3-20-6(4-5)7(11(14,15)16)8(12(17,18)19)9(13)10(20)21/h2-4H,1H3. The Morgan fingerprint density at radius 3 is 2.00 bits per heavy atom. The van der Waals surface area contributed by atoms with Gasteiger partial charge < -0.3 is 0 Å². The van der Waals surface area contributed by atoms with E-state index in [1.54, 1.807) is 0 Å². The minimum absolute atomic E-state index is 0.194. The summed E-state index contributed by atoms with van der Waals surface area (Å²) in [6, 6.07) is 1.93. The van der Waals surface area contributed by atoms with Gasteiger partial charge in [-0.2, -0.15) is 26.3 Å². The lowest BCUT2D eigenvalue weighted by atomic mass is 10.0. The molecule has 9 heteroatoms. The summed E-state index contributed by atoms with van der Waals surface area (Å²) in [4.78, 5) is 11.5. The third-order valence-corrected chi connectivity index (χ3v) is 2.81. The van der Waals surface area contributed by atoms with Crippen LogP contribution in [0.1, 0.15) is 16.7 Å². The number of pyridine rings is 2. The summed E-state index contributed by atoms with van der Waals surface area (Å²) >= 11 is 0. The topological polar surface area (TPSA) is 21.5 Å². The lowest BCUT2D eigenvalue weighted by Crippen LogP contribution is -2.29. The fourth-order valence-corrected chi connectivity index (χ4v) is 1.98. The highest BCUT2D eigenvalue weighted by atomic mass is 19.4. The minimum Gasteiger partial charge on any atom is -0.281 e. The van der Waals surface area contributed by atoms with Gasteiger partial charge in [-0.1, -0.05) is 0 Å². The molecule has 0 N–H and O–H groups in total. The van der Waals surface area contributed by atoms with E-state index >= 15 is 0 Å². The molecule has 0 aliphatic carbocycles. The molecule has 0 aliphatic heterocycles. The number of nitrogens with zero attached hydrogens (tertiary/aromatic N) is 1. The third-order valence-electron chi connectivity index (χ3n) is 2.81. The Morgan fingerprint density at radius 2 is 1.52 bits per heavy atom. The summed E-state index contributed by atoms with van der Waals surface area (Å²) in [7, 11) is 0. The van der Waals surface area contributed by atoms with E-state index in [1.807, 2.05) is 0 Å². The van der Waals surface area contributed by atoms with Gasteiger partial charge in [0.2, 0.25) is 5.82 Å². The Balaban J connectivity index is 3.16. The van der Waals surface area contributed by atoms with E-state index in [1.165, 1.54) is 13.0 Å². The van der Waals surface area contributed by atoms with Gasteiger partial charge in [0.1, 0.15) is 5.56 Å². The number of halogens is 7. The van der Waals surface area contributed by atoms with Crippen molar-refractivity contribution in [3.05, 3.63) is 51.2 Å². The molecule has 21 heavy (non-hydrogen) atoms. The first-order valence-corrected chi connectivity index (χ1v) is 5.43. The maximum Gasteiger partial charge on any atom is 0.420 e. The van der Waals surface area contributed by atoms with Crippen LogP contribution in [0.5, 0.6) is 0 Å². The van der Waals surface area contributed by atoms with Gasteiger partial charge in [-0.25, -0.2) is 4.39 Å². The van der Waals surface area contributed by atoms with Crippen LogP contribution in [0.25, 0.3) is 5.52 Å². The van der Waals surface area contributed by atoms with Gasteiger partial charge in [0, 0.05) is 6.20 Å². The second-order valence-electron chi connectivity index (χ2n) is 4.32. The zero-order valence-corrected chi connectivity index (χ0v) is 10.2. The number of alkyl halides is 6. The van der Waals surface area contributed by atoms with E-state index in [-0.39, 0.29) is 9.96 Å². The van der Waals surface area contributed by atoms with E-state index in [0.717, 1.165) is 12.3 Å². The number of aromatic nitrogens is 1. The molecule has 0 atom stereocenters. The monoisotopic (exact) mass is 313 g/mol. The first-order valence-electron chi connectivity index (χ1n) is 5.43. The Kier molecular flexibility index (Phi) is 3.26. The lowest BCUT2D eigenvalue weighted by Gasteiger charge is -2.18. The molecule has 0 amide bonds. The Labute approximate surface area is 112 Å². The van der Waals surface area contributed by atoms with Gasteiger partial charge in [-0.15, -0.1) is 0 Å². The highest BCUT2D eigenvalue weighted by Gasteiger charge is 2.48. The van der Waals surface area contributed by atoms with Gasteiger partial charge in [0.05, 0.1) is 11.1 Å². The predicted octanol–water partition coefficient (Wildman–Crippen LogP) is 3.78. The van der Waals surface area contributed by atoms with Crippen LogP contribution in [0.2, 0.25) is 0 Å². The van der Waals surface area contributed by atoms with Crippen molar-refractivity contribution in [1.82, 2.24) is 4.40 Å². The molecule has 0 saturated heterocycles. The number of fused-ring (bicyclic) bond motifs is 1. The molecule has 0 saturated carbocycles. The summed E-state index contributed by atoms with van der Waals surface area (Å²) in [5.74, 6) is -2.48. The molecule has 2 aromatic heterocycles. The molecule has 0 unspecified atom stereocenters. The molecule has 2 aromatic rings. The van der Waals surface area contributed by atoms with Crippen molar-refractivity contribution in [1.29, 1.82) is 0 Å². The van der Waals surface area contributed by atoms with Gasteiger partial charge in [0.15, 0.2) is 0 Å². The molecule has 0 aliphatic rings. The largest absolute Gasteiger partial charge is 0.420 e.